The third-order valence-corrected chi connectivity index (χ3v) is 3.31. The molecule has 1 aromatic heterocycles. The largest absolute Gasteiger partial charge is 0.486 e. The summed E-state index contributed by atoms with van der Waals surface area (Å²) < 4.78 is 12.2. The van der Waals surface area contributed by atoms with Gasteiger partial charge in [0.15, 0.2) is 0 Å². The fraction of sp³-hybridized carbons (Fsp3) is 0.375. The van der Waals surface area contributed by atoms with Gasteiger partial charge in [0.25, 0.3) is 0 Å². The van der Waals surface area contributed by atoms with Gasteiger partial charge in [0.1, 0.15) is 18.1 Å². The van der Waals surface area contributed by atoms with E-state index in [-0.39, 0.29) is 0 Å². The van der Waals surface area contributed by atoms with Gasteiger partial charge in [-0.3, -0.25) is 0 Å². The highest BCUT2D eigenvalue weighted by atomic mass is 79.9. The highest BCUT2D eigenvalue weighted by Crippen LogP contribution is 2.18. The van der Waals surface area contributed by atoms with Crippen molar-refractivity contribution in [2.45, 2.75) is 27.0 Å². The van der Waals surface area contributed by atoms with E-state index >= 15 is 0 Å². The van der Waals surface area contributed by atoms with Crippen LogP contribution in [-0.2, 0) is 13.2 Å². The van der Waals surface area contributed by atoms with Gasteiger partial charge < -0.3 is 14.5 Å². The number of nitrogens with one attached hydrogen (secondary N) is 1. The van der Waals surface area contributed by atoms with E-state index in [2.05, 4.69) is 35.1 Å². The van der Waals surface area contributed by atoms with Crippen molar-refractivity contribution in [3.63, 3.8) is 0 Å². The van der Waals surface area contributed by atoms with Crippen LogP contribution in [0.2, 0.25) is 0 Å². The SMILES string of the molecule is CC(C)CNCc1coc(COc2ccc(Br)cc2)c1. The topological polar surface area (TPSA) is 34.4 Å². The number of halogens is 1. The van der Waals surface area contributed by atoms with Crippen molar-refractivity contribution in [3.8, 4) is 5.75 Å². The quantitative estimate of drug-likeness (QED) is 0.814. The van der Waals surface area contributed by atoms with E-state index in [1.807, 2.05) is 30.3 Å². The van der Waals surface area contributed by atoms with Crippen molar-refractivity contribution in [2.75, 3.05) is 6.54 Å². The number of rotatable bonds is 7. The summed E-state index contributed by atoms with van der Waals surface area (Å²) in [6, 6.07) is 9.81. The van der Waals surface area contributed by atoms with Gasteiger partial charge in [-0.15, -0.1) is 0 Å². The third-order valence-electron chi connectivity index (χ3n) is 2.78. The van der Waals surface area contributed by atoms with E-state index in [1.165, 1.54) is 0 Å². The first-order chi connectivity index (χ1) is 9.63. The van der Waals surface area contributed by atoms with Crippen LogP contribution >= 0.6 is 15.9 Å². The van der Waals surface area contributed by atoms with Crippen molar-refractivity contribution >= 4 is 15.9 Å². The second kappa shape index (κ2) is 7.50. The van der Waals surface area contributed by atoms with Crippen molar-refractivity contribution in [1.82, 2.24) is 5.32 Å². The lowest BCUT2D eigenvalue weighted by molar-refractivity contribution is 0.270. The normalized spacial score (nSPS) is 11.0. The molecule has 0 saturated carbocycles. The molecule has 4 heteroatoms. The first-order valence-corrected chi connectivity index (χ1v) is 7.58. The molecular weight excluding hydrogens is 318 g/mol. The smallest absolute Gasteiger partial charge is 0.146 e. The molecule has 20 heavy (non-hydrogen) atoms. The predicted octanol–water partition coefficient (Wildman–Crippen LogP) is 4.37. The van der Waals surface area contributed by atoms with Crippen molar-refractivity contribution < 1.29 is 9.15 Å². The molecule has 0 fully saturated rings. The molecule has 0 aliphatic carbocycles. The van der Waals surface area contributed by atoms with Crippen LogP contribution in [0.3, 0.4) is 0 Å². The molecule has 0 amide bonds. The Labute approximate surface area is 128 Å². The lowest BCUT2D eigenvalue weighted by Gasteiger charge is -2.05. The van der Waals surface area contributed by atoms with Crippen LogP contribution in [0.15, 0.2) is 45.5 Å². The Kier molecular flexibility index (Phi) is 5.68. The molecule has 0 spiro atoms. The van der Waals surface area contributed by atoms with Crippen molar-refractivity contribution in [2.24, 2.45) is 5.92 Å². The molecule has 0 aliphatic heterocycles. The van der Waals surface area contributed by atoms with Crippen LogP contribution in [0.25, 0.3) is 0 Å². The van der Waals surface area contributed by atoms with E-state index in [4.69, 9.17) is 9.15 Å². The molecule has 1 heterocycles. The minimum atomic E-state index is 0.450. The van der Waals surface area contributed by atoms with Crippen LogP contribution in [0.4, 0.5) is 0 Å². The molecule has 2 aromatic rings. The molecule has 2 rings (SSSR count). The van der Waals surface area contributed by atoms with E-state index < -0.39 is 0 Å². The molecule has 0 bridgehead atoms. The Morgan fingerprint density at radius 3 is 2.70 bits per heavy atom. The average molecular weight is 338 g/mol. The van der Waals surface area contributed by atoms with Gasteiger partial charge in [-0.05, 0) is 42.8 Å². The number of ether oxygens (including phenoxy) is 1. The van der Waals surface area contributed by atoms with Crippen molar-refractivity contribution in [3.05, 3.63) is 52.4 Å². The summed E-state index contributed by atoms with van der Waals surface area (Å²) in [4.78, 5) is 0. The Bertz CT molecular complexity index is 520. The van der Waals surface area contributed by atoms with E-state index in [9.17, 15) is 0 Å². The second-order valence-corrected chi connectivity index (χ2v) is 6.10. The molecule has 1 aromatic carbocycles. The first kappa shape index (κ1) is 15.1. The Morgan fingerprint density at radius 1 is 1.25 bits per heavy atom. The molecular formula is C16H20BrNO2. The van der Waals surface area contributed by atoms with E-state index in [0.29, 0.717) is 12.5 Å². The molecule has 0 aliphatic rings. The Hall–Kier alpha value is -1.26. The molecule has 0 atom stereocenters. The maximum atomic E-state index is 5.67. The zero-order valence-corrected chi connectivity index (χ0v) is 13.4. The maximum Gasteiger partial charge on any atom is 0.146 e. The average Bonchev–Trinajstić information content (AvgIpc) is 2.86. The molecule has 108 valence electrons. The standard InChI is InChI=1S/C16H20BrNO2/c1-12(2)8-18-9-13-7-16(19-10-13)11-20-15-5-3-14(17)4-6-15/h3-7,10,12,18H,8-9,11H2,1-2H3. The predicted molar refractivity (Wildman–Crippen MR) is 83.7 cm³/mol. The Balaban J connectivity index is 1.79. The van der Waals surface area contributed by atoms with Gasteiger partial charge in [0.2, 0.25) is 0 Å². The summed E-state index contributed by atoms with van der Waals surface area (Å²) >= 11 is 3.40. The van der Waals surface area contributed by atoms with Gasteiger partial charge in [-0.2, -0.15) is 0 Å². The number of hydrogen-bond acceptors (Lipinski definition) is 3. The van der Waals surface area contributed by atoms with Crippen molar-refractivity contribution in [1.29, 1.82) is 0 Å². The van der Waals surface area contributed by atoms with E-state index in [0.717, 1.165) is 34.6 Å². The van der Waals surface area contributed by atoms with Gasteiger partial charge >= 0.3 is 0 Å². The highest BCUT2D eigenvalue weighted by molar-refractivity contribution is 9.10. The fourth-order valence-electron chi connectivity index (χ4n) is 1.79. The minimum absolute atomic E-state index is 0.450. The fourth-order valence-corrected chi connectivity index (χ4v) is 2.05. The number of furan rings is 1. The summed E-state index contributed by atoms with van der Waals surface area (Å²) in [6.45, 7) is 6.68. The summed E-state index contributed by atoms with van der Waals surface area (Å²) in [6.07, 6.45) is 1.79. The van der Waals surface area contributed by atoms with Crippen LogP contribution in [-0.4, -0.2) is 6.54 Å². The van der Waals surface area contributed by atoms with Gasteiger partial charge in [-0.1, -0.05) is 29.8 Å². The van der Waals surface area contributed by atoms with Crippen LogP contribution in [0.1, 0.15) is 25.2 Å². The monoisotopic (exact) mass is 337 g/mol. The van der Waals surface area contributed by atoms with Gasteiger partial charge in [0.05, 0.1) is 6.26 Å². The Morgan fingerprint density at radius 2 is 2.00 bits per heavy atom. The lowest BCUT2D eigenvalue weighted by Crippen LogP contribution is -2.18. The minimum Gasteiger partial charge on any atom is -0.486 e. The summed E-state index contributed by atoms with van der Waals surface area (Å²) in [5, 5.41) is 3.39. The highest BCUT2D eigenvalue weighted by Gasteiger charge is 2.03. The van der Waals surface area contributed by atoms with E-state index in [1.54, 1.807) is 6.26 Å². The van der Waals surface area contributed by atoms with Crippen LogP contribution in [0, 0.1) is 5.92 Å². The molecule has 1 N–H and O–H groups in total. The van der Waals surface area contributed by atoms with Gasteiger partial charge in [0, 0.05) is 16.6 Å². The zero-order chi connectivity index (χ0) is 14.4. The number of hydrogen-bond donors (Lipinski definition) is 1. The molecule has 0 saturated heterocycles. The van der Waals surface area contributed by atoms with Crippen LogP contribution in [0.5, 0.6) is 5.75 Å². The maximum absolute atomic E-state index is 5.67. The first-order valence-electron chi connectivity index (χ1n) is 6.79. The number of benzene rings is 1. The summed E-state index contributed by atoms with van der Waals surface area (Å²) in [5.74, 6) is 2.33. The molecule has 3 nitrogen and oxygen atoms in total. The third kappa shape index (κ3) is 5.02. The molecule has 0 radical (unpaired) electrons. The zero-order valence-electron chi connectivity index (χ0n) is 11.9. The second-order valence-electron chi connectivity index (χ2n) is 5.19. The lowest BCUT2D eigenvalue weighted by atomic mass is 10.2. The summed E-state index contributed by atoms with van der Waals surface area (Å²) in [7, 11) is 0. The van der Waals surface area contributed by atoms with Gasteiger partial charge in [-0.25, -0.2) is 0 Å². The summed E-state index contributed by atoms with van der Waals surface area (Å²) in [5.41, 5.74) is 1.15. The molecule has 0 unspecified atom stereocenters. The van der Waals surface area contributed by atoms with Crippen LogP contribution < -0.4 is 10.1 Å².